The SMILES string of the molecule is CCN(CC)C(CNC(=NC)NCc1ccc(S(C)(=O)=O)cc1)c1ccccc1. The van der Waals surface area contributed by atoms with Crippen molar-refractivity contribution in [1.82, 2.24) is 15.5 Å². The van der Waals surface area contributed by atoms with Crippen LogP contribution in [-0.2, 0) is 16.4 Å². The van der Waals surface area contributed by atoms with Crippen LogP contribution in [0, 0.1) is 0 Å². The Morgan fingerprint density at radius 3 is 2.14 bits per heavy atom. The van der Waals surface area contributed by atoms with Gasteiger partial charge in [0, 0.05) is 26.4 Å². The topological polar surface area (TPSA) is 73.8 Å². The molecule has 0 aliphatic rings. The van der Waals surface area contributed by atoms with Crippen molar-refractivity contribution in [2.75, 3.05) is 32.9 Å². The lowest BCUT2D eigenvalue weighted by Crippen LogP contribution is -2.43. The molecule has 0 saturated carbocycles. The van der Waals surface area contributed by atoms with Gasteiger partial charge in [0.25, 0.3) is 0 Å². The van der Waals surface area contributed by atoms with Crippen LogP contribution in [0.3, 0.4) is 0 Å². The molecule has 0 aliphatic carbocycles. The Morgan fingerprint density at radius 2 is 1.62 bits per heavy atom. The fourth-order valence-corrected chi connectivity index (χ4v) is 3.88. The van der Waals surface area contributed by atoms with Crippen molar-refractivity contribution in [3.8, 4) is 0 Å². The number of rotatable bonds is 9. The Labute approximate surface area is 175 Å². The zero-order valence-electron chi connectivity index (χ0n) is 17.7. The molecule has 0 saturated heterocycles. The molecule has 2 rings (SSSR count). The summed E-state index contributed by atoms with van der Waals surface area (Å²) >= 11 is 0. The Hall–Kier alpha value is -2.38. The van der Waals surface area contributed by atoms with E-state index in [1.165, 1.54) is 11.8 Å². The molecular formula is C22H32N4O2S. The third-order valence-corrected chi connectivity index (χ3v) is 6.06. The van der Waals surface area contributed by atoms with E-state index in [1.807, 2.05) is 18.2 Å². The normalized spacial score (nSPS) is 13.3. The van der Waals surface area contributed by atoms with Gasteiger partial charge in [0.2, 0.25) is 0 Å². The number of hydrogen-bond donors (Lipinski definition) is 2. The Kier molecular flexibility index (Phi) is 8.67. The zero-order valence-corrected chi connectivity index (χ0v) is 18.5. The number of hydrogen-bond acceptors (Lipinski definition) is 4. The highest BCUT2D eigenvalue weighted by Crippen LogP contribution is 2.19. The quantitative estimate of drug-likeness (QED) is 0.486. The molecule has 2 N–H and O–H groups in total. The smallest absolute Gasteiger partial charge is 0.191 e. The summed E-state index contributed by atoms with van der Waals surface area (Å²) in [5.74, 6) is 0.713. The molecule has 29 heavy (non-hydrogen) atoms. The molecule has 0 bridgehead atoms. The minimum atomic E-state index is -3.17. The molecule has 1 atom stereocenters. The fraction of sp³-hybridized carbons (Fsp3) is 0.409. The van der Waals surface area contributed by atoms with E-state index in [0.29, 0.717) is 17.4 Å². The van der Waals surface area contributed by atoms with Crippen LogP contribution in [0.15, 0.2) is 64.5 Å². The van der Waals surface area contributed by atoms with Crippen LogP contribution in [-0.4, -0.2) is 52.2 Å². The maximum atomic E-state index is 11.6. The average molecular weight is 417 g/mol. The largest absolute Gasteiger partial charge is 0.354 e. The first-order valence-electron chi connectivity index (χ1n) is 9.91. The molecule has 0 spiro atoms. The number of nitrogens with one attached hydrogen (secondary N) is 2. The second-order valence-corrected chi connectivity index (χ2v) is 8.89. The lowest BCUT2D eigenvalue weighted by molar-refractivity contribution is 0.219. The van der Waals surface area contributed by atoms with Crippen LogP contribution in [0.4, 0.5) is 0 Å². The predicted molar refractivity (Wildman–Crippen MR) is 120 cm³/mol. The lowest BCUT2D eigenvalue weighted by Gasteiger charge is -2.30. The summed E-state index contributed by atoms with van der Waals surface area (Å²) in [6, 6.07) is 17.6. The Balaban J connectivity index is 1.99. The molecule has 0 aromatic heterocycles. The van der Waals surface area contributed by atoms with E-state index in [1.54, 1.807) is 19.2 Å². The van der Waals surface area contributed by atoms with Crippen LogP contribution < -0.4 is 10.6 Å². The van der Waals surface area contributed by atoms with E-state index < -0.39 is 9.84 Å². The number of sulfone groups is 1. The Bertz CT molecular complexity index is 877. The summed E-state index contributed by atoms with van der Waals surface area (Å²) in [6.45, 7) is 7.58. The van der Waals surface area contributed by atoms with Crippen molar-refractivity contribution >= 4 is 15.8 Å². The molecule has 7 heteroatoms. The zero-order chi connectivity index (χ0) is 21.3. The van der Waals surface area contributed by atoms with E-state index in [-0.39, 0.29) is 6.04 Å². The average Bonchev–Trinajstić information content (AvgIpc) is 2.73. The van der Waals surface area contributed by atoms with Crippen LogP contribution in [0.25, 0.3) is 0 Å². The van der Waals surface area contributed by atoms with E-state index in [4.69, 9.17) is 0 Å². The molecule has 2 aromatic carbocycles. The standard InChI is InChI=1S/C22H32N4O2S/c1-5-26(6-2)21(19-10-8-7-9-11-19)17-25-22(23-3)24-16-18-12-14-20(15-13-18)29(4,27)28/h7-15,21H,5-6,16-17H2,1-4H3,(H2,23,24,25). The first-order chi connectivity index (χ1) is 13.9. The van der Waals surface area contributed by atoms with Crippen molar-refractivity contribution in [1.29, 1.82) is 0 Å². The molecular weight excluding hydrogens is 384 g/mol. The predicted octanol–water partition coefficient (Wildman–Crippen LogP) is 2.84. The van der Waals surface area contributed by atoms with Crippen LogP contribution in [0.2, 0.25) is 0 Å². The Morgan fingerprint density at radius 1 is 1.00 bits per heavy atom. The highest BCUT2D eigenvalue weighted by atomic mass is 32.2. The molecule has 2 aromatic rings. The van der Waals surface area contributed by atoms with E-state index in [0.717, 1.165) is 25.2 Å². The maximum Gasteiger partial charge on any atom is 0.191 e. The molecule has 0 aliphatic heterocycles. The van der Waals surface area contributed by atoms with Gasteiger partial charge in [0.15, 0.2) is 15.8 Å². The van der Waals surface area contributed by atoms with Gasteiger partial charge in [0.05, 0.1) is 10.9 Å². The number of benzene rings is 2. The second kappa shape index (κ2) is 11.0. The number of likely N-dealkylation sites (N-methyl/N-ethyl adjacent to an activating group) is 1. The summed E-state index contributed by atoms with van der Waals surface area (Å²) in [5, 5.41) is 6.72. The van der Waals surface area contributed by atoms with E-state index >= 15 is 0 Å². The highest BCUT2D eigenvalue weighted by molar-refractivity contribution is 7.90. The number of guanidine groups is 1. The third kappa shape index (κ3) is 6.87. The first-order valence-corrected chi connectivity index (χ1v) is 11.8. The van der Waals surface area contributed by atoms with Gasteiger partial charge in [-0.2, -0.15) is 0 Å². The van der Waals surface area contributed by atoms with Gasteiger partial charge in [-0.1, -0.05) is 56.3 Å². The minimum Gasteiger partial charge on any atom is -0.354 e. The first kappa shape index (κ1) is 22.9. The van der Waals surface area contributed by atoms with E-state index in [9.17, 15) is 8.42 Å². The van der Waals surface area contributed by atoms with E-state index in [2.05, 4.69) is 58.6 Å². The maximum absolute atomic E-state index is 11.6. The monoisotopic (exact) mass is 416 g/mol. The third-order valence-electron chi connectivity index (χ3n) is 4.94. The van der Waals surface area contributed by atoms with Crippen molar-refractivity contribution in [3.05, 3.63) is 65.7 Å². The van der Waals surface area contributed by atoms with Gasteiger partial charge in [-0.25, -0.2) is 8.42 Å². The molecule has 0 amide bonds. The minimum absolute atomic E-state index is 0.249. The van der Waals surface area contributed by atoms with Gasteiger partial charge in [-0.3, -0.25) is 9.89 Å². The van der Waals surface area contributed by atoms with Gasteiger partial charge < -0.3 is 10.6 Å². The molecule has 0 radical (unpaired) electrons. The number of nitrogens with zero attached hydrogens (tertiary/aromatic N) is 2. The molecule has 1 unspecified atom stereocenters. The van der Waals surface area contributed by atoms with Crippen molar-refractivity contribution in [3.63, 3.8) is 0 Å². The summed E-state index contributed by atoms with van der Waals surface area (Å²) < 4.78 is 23.2. The summed E-state index contributed by atoms with van der Waals surface area (Å²) in [7, 11) is -1.43. The summed E-state index contributed by atoms with van der Waals surface area (Å²) in [5.41, 5.74) is 2.26. The molecule has 158 valence electrons. The van der Waals surface area contributed by atoms with Gasteiger partial charge >= 0.3 is 0 Å². The second-order valence-electron chi connectivity index (χ2n) is 6.87. The van der Waals surface area contributed by atoms with Crippen LogP contribution in [0.5, 0.6) is 0 Å². The molecule has 0 fully saturated rings. The highest BCUT2D eigenvalue weighted by Gasteiger charge is 2.18. The van der Waals surface area contributed by atoms with Crippen molar-refractivity contribution in [2.45, 2.75) is 31.3 Å². The molecule has 0 heterocycles. The van der Waals surface area contributed by atoms with Gasteiger partial charge in [-0.05, 0) is 36.3 Å². The van der Waals surface area contributed by atoms with Crippen molar-refractivity contribution in [2.24, 2.45) is 4.99 Å². The summed E-state index contributed by atoms with van der Waals surface area (Å²) in [6.07, 6.45) is 1.21. The van der Waals surface area contributed by atoms with Crippen LogP contribution >= 0.6 is 0 Å². The lowest BCUT2D eigenvalue weighted by atomic mass is 10.1. The van der Waals surface area contributed by atoms with Crippen molar-refractivity contribution < 1.29 is 8.42 Å². The van der Waals surface area contributed by atoms with Crippen LogP contribution in [0.1, 0.15) is 31.0 Å². The fourth-order valence-electron chi connectivity index (χ4n) is 3.25. The number of aliphatic imine (C=N–C) groups is 1. The summed E-state index contributed by atoms with van der Waals surface area (Å²) in [4.78, 5) is 7.06. The van der Waals surface area contributed by atoms with Gasteiger partial charge in [0.1, 0.15) is 0 Å². The molecule has 6 nitrogen and oxygen atoms in total. The van der Waals surface area contributed by atoms with Gasteiger partial charge in [-0.15, -0.1) is 0 Å².